The van der Waals surface area contributed by atoms with Crippen molar-refractivity contribution in [3.63, 3.8) is 0 Å². The third kappa shape index (κ3) is 4.99. The smallest absolute Gasteiger partial charge is 0.262 e. The van der Waals surface area contributed by atoms with Crippen LogP contribution in [0.1, 0.15) is 12.5 Å². The molecule has 0 saturated carbocycles. The zero-order valence-corrected chi connectivity index (χ0v) is 15.6. The topological polar surface area (TPSA) is 46.0 Å². The van der Waals surface area contributed by atoms with Gasteiger partial charge in [-0.1, -0.05) is 19.1 Å². The maximum absolute atomic E-state index is 12.1. The predicted molar refractivity (Wildman–Crippen MR) is 105 cm³/mol. The van der Waals surface area contributed by atoms with Crippen molar-refractivity contribution in [2.45, 2.75) is 13.3 Å². The van der Waals surface area contributed by atoms with Crippen molar-refractivity contribution >= 4 is 17.3 Å². The van der Waals surface area contributed by atoms with E-state index in [1.54, 1.807) is 4.90 Å². The molecule has 1 amide bonds. The number of carbonyl (C=O) groups is 1. The highest BCUT2D eigenvalue weighted by Crippen LogP contribution is 2.18. The highest BCUT2D eigenvalue weighted by molar-refractivity contribution is 5.92. The second-order valence-electron chi connectivity index (χ2n) is 6.83. The Morgan fingerprint density at radius 1 is 1.08 bits per heavy atom. The van der Waals surface area contributed by atoms with Crippen molar-refractivity contribution in [1.82, 2.24) is 0 Å². The molecule has 0 radical (unpaired) electrons. The summed E-state index contributed by atoms with van der Waals surface area (Å²) in [4.78, 5) is 16.1. The summed E-state index contributed by atoms with van der Waals surface area (Å²) in [6.07, 6.45) is 0.992. The standard InChI is InChI=1S/C21H27N3O2/c1-3-17-4-10-20(11-5-17)26-16-21(25)22-18-6-8-19(9-7-18)24-14-12-23(2)13-15-24/h4-11H,3,12-16H2,1-2H3,(H,22,25)/p+1. The monoisotopic (exact) mass is 354 g/mol. The third-order valence-electron chi connectivity index (χ3n) is 4.83. The lowest BCUT2D eigenvalue weighted by Crippen LogP contribution is -3.12. The fraction of sp³-hybridized carbons (Fsp3) is 0.381. The SMILES string of the molecule is CCc1ccc(OCC(=O)Nc2ccc(N3CC[NH+](C)CC3)cc2)cc1. The van der Waals surface area contributed by atoms with Crippen LogP contribution >= 0.6 is 0 Å². The molecule has 1 aliphatic rings. The lowest BCUT2D eigenvalue weighted by atomic mass is 10.2. The molecular formula is C21H28N3O2+. The zero-order valence-electron chi connectivity index (χ0n) is 15.6. The molecule has 3 rings (SSSR count). The summed E-state index contributed by atoms with van der Waals surface area (Å²) in [5, 5.41) is 2.89. The molecule has 2 N–H and O–H groups in total. The number of carbonyl (C=O) groups excluding carboxylic acids is 1. The largest absolute Gasteiger partial charge is 0.484 e. The Morgan fingerprint density at radius 3 is 2.35 bits per heavy atom. The Hall–Kier alpha value is -2.53. The van der Waals surface area contributed by atoms with Crippen LogP contribution < -0.4 is 19.9 Å². The van der Waals surface area contributed by atoms with E-state index in [4.69, 9.17) is 4.74 Å². The first-order chi connectivity index (χ1) is 12.6. The number of piperazine rings is 1. The van der Waals surface area contributed by atoms with E-state index >= 15 is 0 Å². The lowest BCUT2D eigenvalue weighted by Gasteiger charge is -2.31. The van der Waals surface area contributed by atoms with E-state index in [1.807, 2.05) is 36.4 Å². The van der Waals surface area contributed by atoms with Gasteiger partial charge in [0, 0.05) is 11.4 Å². The molecule has 5 heteroatoms. The molecule has 1 saturated heterocycles. The summed E-state index contributed by atoms with van der Waals surface area (Å²) in [7, 11) is 2.23. The van der Waals surface area contributed by atoms with Crippen molar-refractivity contribution in [3.05, 3.63) is 54.1 Å². The average Bonchev–Trinajstić information content (AvgIpc) is 2.68. The maximum atomic E-state index is 12.1. The van der Waals surface area contributed by atoms with E-state index in [9.17, 15) is 4.79 Å². The first-order valence-corrected chi connectivity index (χ1v) is 9.32. The number of quaternary nitrogens is 1. The van der Waals surface area contributed by atoms with E-state index in [2.05, 4.69) is 36.3 Å². The number of hydrogen-bond donors (Lipinski definition) is 2. The van der Waals surface area contributed by atoms with Crippen molar-refractivity contribution in [3.8, 4) is 5.75 Å². The second kappa shape index (κ2) is 8.72. The number of benzene rings is 2. The van der Waals surface area contributed by atoms with Crippen LogP contribution in [0.2, 0.25) is 0 Å². The molecule has 26 heavy (non-hydrogen) atoms. The zero-order chi connectivity index (χ0) is 18.4. The molecule has 0 aromatic heterocycles. The van der Waals surface area contributed by atoms with Gasteiger partial charge in [0.2, 0.25) is 0 Å². The molecule has 1 aliphatic heterocycles. The normalized spacial score (nSPS) is 14.9. The van der Waals surface area contributed by atoms with Gasteiger partial charge in [0.15, 0.2) is 6.61 Å². The van der Waals surface area contributed by atoms with Crippen LogP contribution in [0, 0.1) is 0 Å². The molecule has 0 spiro atoms. The van der Waals surface area contributed by atoms with E-state index in [1.165, 1.54) is 11.3 Å². The molecule has 2 aromatic carbocycles. The lowest BCUT2D eigenvalue weighted by molar-refractivity contribution is -0.880. The molecule has 138 valence electrons. The third-order valence-corrected chi connectivity index (χ3v) is 4.83. The maximum Gasteiger partial charge on any atom is 0.262 e. The fourth-order valence-corrected chi connectivity index (χ4v) is 3.07. The number of amides is 1. The molecule has 0 unspecified atom stereocenters. The summed E-state index contributed by atoms with van der Waals surface area (Å²) in [5.41, 5.74) is 3.26. The molecular weight excluding hydrogens is 326 g/mol. The summed E-state index contributed by atoms with van der Waals surface area (Å²) in [6, 6.07) is 15.9. The van der Waals surface area contributed by atoms with Gasteiger partial charge < -0.3 is 19.9 Å². The van der Waals surface area contributed by atoms with Gasteiger partial charge in [0.25, 0.3) is 5.91 Å². The molecule has 0 aliphatic carbocycles. The number of anilines is 2. The Balaban J connectivity index is 1.47. The quantitative estimate of drug-likeness (QED) is 0.828. The molecule has 5 nitrogen and oxygen atoms in total. The molecule has 1 fully saturated rings. The van der Waals surface area contributed by atoms with E-state index in [0.717, 1.165) is 38.3 Å². The number of nitrogens with zero attached hydrogens (tertiary/aromatic N) is 1. The number of ether oxygens (including phenoxy) is 1. The van der Waals surface area contributed by atoms with Crippen LogP contribution in [0.4, 0.5) is 11.4 Å². The second-order valence-corrected chi connectivity index (χ2v) is 6.83. The summed E-state index contributed by atoms with van der Waals surface area (Å²) >= 11 is 0. The van der Waals surface area contributed by atoms with E-state index in [0.29, 0.717) is 5.75 Å². The van der Waals surface area contributed by atoms with Gasteiger partial charge >= 0.3 is 0 Å². The highest BCUT2D eigenvalue weighted by atomic mass is 16.5. The number of likely N-dealkylation sites (N-methyl/N-ethyl adjacent to an activating group) is 1. The number of hydrogen-bond acceptors (Lipinski definition) is 3. The highest BCUT2D eigenvalue weighted by Gasteiger charge is 2.16. The Morgan fingerprint density at radius 2 is 1.73 bits per heavy atom. The van der Waals surface area contributed by atoms with Gasteiger partial charge in [-0.3, -0.25) is 4.79 Å². The van der Waals surface area contributed by atoms with Gasteiger partial charge in [0.1, 0.15) is 5.75 Å². The number of aryl methyl sites for hydroxylation is 1. The van der Waals surface area contributed by atoms with Gasteiger partial charge in [0.05, 0.1) is 33.2 Å². The van der Waals surface area contributed by atoms with Gasteiger partial charge in [-0.25, -0.2) is 0 Å². The van der Waals surface area contributed by atoms with Crippen molar-refractivity contribution in [1.29, 1.82) is 0 Å². The summed E-state index contributed by atoms with van der Waals surface area (Å²) < 4.78 is 5.55. The van der Waals surface area contributed by atoms with Crippen molar-refractivity contribution < 1.29 is 14.4 Å². The fourth-order valence-electron chi connectivity index (χ4n) is 3.07. The van der Waals surface area contributed by atoms with Crippen LogP contribution in [0.15, 0.2) is 48.5 Å². The Bertz CT molecular complexity index is 705. The first kappa shape index (κ1) is 18.3. The predicted octanol–water partition coefficient (Wildman–Crippen LogP) is 1.60. The van der Waals surface area contributed by atoms with Crippen LogP contribution in [0.3, 0.4) is 0 Å². The molecule has 0 bridgehead atoms. The minimum Gasteiger partial charge on any atom is -0.484 e. The minimum absolute atomic E-state index is 0.00839. The van der Waals surface area contributed by atoms with Crippen molar-refractivity contribution in [2.24, 2.45) is 0 Å². The minimum atomic E-state index is -0.152. The number of nitrogens with one attached hydrogen (secondary N) is 2. The number of rotatable bonds is 6. The van der Waals surface area contributed by atoms with Crippen LogP contribution in [-0.2, 0) is 11.2 Å². The van der Waals surface area contributed by atoms with Crippen LogP contribution in [0.5, 0.6) is 5.75 Å². The van der Waals surface area contributed by atoms with Crippen LogP contribution in [-0.4, -0.2) is 45.7 Å². The van der Waals surface area contributed by atoms with Gasteiger partial charge in [-0.05, 0) is 48.4 Å². The Kier molecular flexibility index (Phi) is 6.12. The van der Waals surface area contributed by atoms with Gasteiger partial charge in [-0.2, -0.15) is 0 Å². The average molecular weight is 354 g/mol. The molecule has 2 aromatic rings. The summed E-state index contributed by atoms with van der Waals surface area (Å²) in [6.45, 7) is 6.59. The van der Waals surface area contributed by atoms with E-state index in [-0.39, 0.29) is 12.5 Å². The first-order valence-electron chi connectivity index (χ1n) is 9.32. The van der Waals surface area contributed by atoms with Crippen LogP contribution in [0.25, 0.3) is 0 Å². The Labute approximate surface area is 155 Å². The van der Waals surface area contributed by atoms with Crippen molar-refractivity contribution in [2.75, 3.05) is 50.1 Å². The van der Waals surface area contributed by atoms with Gasteiger partial charge in [-0.15, -0.1) is 0 Å². The molecule has 1 heterocycles. The summed E-state index contributed by atoms with van der Waals surface area (Å²) in [5.74, 6) is 0.561. The molecule has 0 atom stereocenters. The van der Waals surface area contributed by atoms with E-state index < -0.39 is 0 Å².